The van der Waals surface area contributed by atoms with Crippen LogP contribution in [0.5, 0.6) is 0 Å². The lowest BCUT2D eigenvalue weighted by Crippen LogP contribution is -2.40. The lowest BCUT2D eigenvalue weighted by Gasteiger charge is -2.38. The molecule has 118 valence electrons. The normalized spacial score (nSPS) is 19.4. The molecule has 0 atom stereocenters. The van der Waals surface area contributed by atoms with Crippen LogP contribution in [-0.2, 0) is 9.84 Å². The number of nitrogens with zero attached hydrogens (tertiary/aromatic N) is 1. The Kier molecular flexibility index (Phi) is 4.94. The van der Waals surface area contributed by atoms with Gasteiger partial charge in [-0.05, 0) is 50.5 Å². The topological polar surface area (TPSA) is 49.4 Å². The Morgan fingerprint density at radius 3 is 2.48 bits per heavy atom. The predicted molar refractivity (Wildman–Crippen MR) is 87.5 cm³/mol. The minimum Gasteiger partial charge on any atom is -0.383 e. The average Bonchev–Trinajstić information content (AvgIpc) is 2.49. The molecule has 0 unspecified atom stereocenters. The maximum Gasteiger partial charge on any atom is 0.180 e. The van der Waals surface area contributed by atoms with Gasteiger partial charge in [0, 0.05) is 6.54 Å². The molecule has 1 aromatic carbocycles. The molecule has 21 heavy (non-hydrogen) atoms. The minimum absolute atomic E-state index is 0.133. The average molecular weight is 310 g/mol. The smallest absolute Gasteiger partial charge is 0.180 e. The highest BCUT2D eigenvalue weighted by Crippen LogP contribution is 2.31. The second-order valence-corrected chi connectivity index (χ2v) is 8.61. The Labute approximate surface area is 128 Å². The fourth-order valence-electron chi connectivity index (χ4n) is 2.68. The van der Waals surface area contributed by atoms with Crippen LogP contribution in [0.25, 0.3) is 0 Å². The van der Waals surface area contributed by atoms with Crippen molar-refractivity contribution in [3.05, 3.63) is 24.3 Å². The van der Waals surface area contributed by atoms with Gasteiger partial charge in [0.15, 0.2) is 9.84 Å². The first-order valence-electron chi connectivity index (χ1n) is 7.60. The number of piperidine rings is 1. The van der Waals surface area contributed by atoms with Crippen LogP contribution in [0.1, 0.15) is 26.7 Å². The summed E-state index contributed by atoms with van der Waals surface area (Å²) >= 11 is 0. The Balaban J connectivity index is 2.11. The van der Waals surface area contributed by atoms with Gasteiger partial charge in [-0.15, -0.1) is 0 Å². The number of anilines is 1. The zero-order valence-electron chi connectivity index (χ0n) is 13.2. The van der Waals surface area contributed by atoms with E-state index < -0.39 is 9.84 Å². The monoisotopic (exact) mass is 310 g/mol. The van der Waals surface area contributed by atoms with E-state index in [0.717, 1.165) is 38.2 Å². The third kappa shape index (κ3) is 3.98. The molecular weight excluding hydrogens is 284 g/mol. The van der Waals surface area contributed by atoms with Gasteiger partial charge in [-0.25, -0.2) is 8.42 Å². The van der Waals surface area contributed by atoms with Crippen molar-refractivity contribution in [3.8, 4) is 0 Å². The largest absolute Gasteiger partial charge is 0.383 e. The predicted octanol–water partition coefficient (Wildman–Crippen LogP) is 2.62. The van der Waals surface area contributed by atoms with Crippen LogP contribution in [0.2, 0.25) is 0 Å². The molecule has 0 aromatic heterocycles. The number of hydrogen-bond donors (Lipinski definition) is 1. The molecule has 0 aliphatic carbocycles. The maximum absolute atomic E-state index is 12.1. The second-order valence-electron chi connectivity index (χ2n) is 6.37. The Bertz CT molecular complexity index is 576. The van der Waals surface area contributed by atoms with Crippen LogP contribution in [0.3, 0.4) is 0 Å². The summed E-state index contributed by atoms with van der Waals surface area (Å²) in [5.41, 5.74) is 0.967. The van der Waals surface area contributed by atoms with Crippen molar-refractivity contribution in [2.45, 2.75) is 31.6 Å². The highest BCUT2D eigenvalue weighted by molar-refractivity contribution is 7.91. The molecule has 1 saturated heterocycles. The zero-order valence-corrected chi connectivity index (χ0v) is 14.0. The summed E-state index contributed by atoms with van der Waals surface area (Å²) in [4.78, 5) is 2.76. The summed E-state index contributed by atoms with van der Waals surface area (Å²) in [7, 11) is -1.03. The number of rotatable bonds is 5. The number of benzene rings is 1. The third-order valence-electron chi connectivity index (χ3n) is 4.50. The summed E-state index contributed by atoms with van der Waals surface area (Å²) in [6, 6.07) is 7.22. The second kappa shape index (κ2) is 6.36. The molecule has 1 aliphatic heterocycles. The number of nitrogens with one attached hydrogen (secondary N) is 1. The van der Waals surface area contributed by atoms with E-state index in [9.17, 15) is 8.42 Å². The van der Waals surface area contributed by atoms with Crippen molar-refractivity contribution in [3.63, 3.8) is 0 Å². The molecule has 1 heterocycles. The molecule has 0 spiro atoms. The number of para-hydroxylation sites is 1. The molecule has 2 rings (SSSR count). The lowest BCUT2D eigenvalue weighted by atomic mass is 9.80. The van der Waals surface area contributed by atoms with Crippen LogP contribution in [0.4, 0.5) is 5.69 Å². The van der Waals surface area contributed by atoms with Gasteiger partial charge in [0.05, 0.1) is 16.3 Å². The van der Waals surface area contributed by atoms with Crippen LogP contribution in [0, 0.1) is 5.41 Å². The molecule has 1 fully saturated rings. The standard InChI is InChI=1S/C16H26N2O2S/c1-4-21(19,20)15-8-6-5-7-14(15)17-13-16(2)9-11-18(3)12-10-16/h5-8,17H,4,9-13H2,1-3H3. The number of likely N-dealkylation sites (tertiary alicyclic amines) is 1. The van der Waals surface area contributed by atoms with E-state index in [4.69, 9.17) is 0 Å². The SMILES string of the molecule is CCS(=O)(=O)c1ccccc1NCC1(C)CCN(C)CC1. The van der Waals surface area contributed by atoms with Gasteiger partial charge in [-0.1, -0.05) is 26.0 Å². The lowest BCUT2D eigenvalue weighted by molar-refractivity contribution is 0.150. The Hall–Kier alpha value is -1.07. The summed E-state index contributed by atoms with van der Waals surface area (Å²) < 4.78 is 24.3. The van der Waals surface area contributed by atoms with E-state index in [1.54, 1.807) is 19.1 Å². The van der Waals surface area contributed by atoms with Gasteiger partial charge < -0.3 is 10.2 Å². The fraction of sp³-hybridized carbons (Fsp3) is 0.625. The highest BCUT2D eigenvalue weighted by Gasteiger charge is 2.29. The summed E-state index contributed by atoms with van der Waals surface area (Å²) in [5, 5.41) is 3.38. The number of hydrogen-bond acceptors (Lipinski definition) is 4. The molecule has 0 radical (unpaired) electrons. The minimum atomic E-state index is -3.18. The van der Waals surface area contributed by atoms with Crippen molar-refractivity contribution in [1.29, 1.82) is 0 Å². The first-order chi connectivity index (χ1) is 9.86. The van der Waals surface area contributed by atoms with Crippen LogP contribution in [-0.4, -0.2) is 45.8 Å². The molecule has 5 heteroatoms. The molecule has 0 bridgehead atoms. The summed E-state index contributed by atoms with van der Waals surface area (Å²) in [6.45, 7) is 6.99. The van der Waals surface area contributed by atoms with Crippen molar-refractivity contribution in [1.82, 2.24) is 4.90 Å². The van der Waals surface area contributed by atoms with Gasteiger partial charge >= 0.3 is 0 Å². The highest BCUT2D eigenvalue weighted by atomic mass is 32.2. The van der Waals surface area contributed by atoms with Crippen molar-refractivity contribution in [2.75, 3.05) is 37.8 Å². The molecule has 4 nitrogen and oxygen atoms in total. The fourth-order valence-corrected chi connectivity index (χ4v) is 3.76. The molecule has 1 N–H and O–H groups in total. The van der Waals surface area contributed by atoms with Gasteiger partial charge in [-0.2, -0.15) is 0 Å². The first-order valence-corrected chi connectivity index (χ1v) is 9.26. The van der Waals surface area contributed by atoms with Crippen molar-refractivity contribution >= 4 is 15.5 Å². The molecule has 0 saturated carbocycles. The van der Waals surface area contributed by atoms with Gasteiger partial charge in [0.1, 0.15) is 0 Å². The van der Waals surface area contributed by atoms with Gasteiger partial charge in [0.25, 0.3) is 0 Å². The molecule has 1 aromatic rings. The van der Waals surface area contributed by atoms with Crippen LogP contribution < -0.4 is 5.32 Å². The van der Waals surface area contributed by atoms with E-state index in [-0.39, 0.29) is 11.2 Å². The van der Waals surface area contributed by atoms with Crippen LogP contribution in [0.15, 0.2) is 29.2 Å². The van der Waals surface area contributed by atoms with E-state index >= 15 is 0 Å². The summed E-state index contributed by atoms with van der Waals surface area (Å²) in [6.07, 6.45) is 2.28. The van der Waals surface area contributed by atoms with E-state index in [1.165, 1.54) is 0 Å². The summed E-state index contributed by atoms with van der Waals surface area (Å²) in [5.74, 6) is 0.133. The van der Waals surface area contributed by atoms with E-state index in [0.29, 0.717) is 4.90 Å². The van der Waals surface area contributed by atoms with Gasteiger partial charge in [-0.3, -0.25) is 0 Å². The number of sulfone groups is 1. The van der Waals surface area contributed by atoms with Gasteiger partial charge in [0.2, 0.25) is 0 Å². The van der Waals surface area contributed by atoms with E-state index in [2.05, 4.69) is 24.2 Å². The Morgan fingerprint density at radius 2 is 1.86 bits per heavy atom. The van der Waals surface area contributed by atoms with Crippen molar-refractivity contribution < 1.29 is 8.42 Å². The molecule has 1 aliphatic rings. The zero-order chi connectivity index (χ0) is 15.5. The molecule has 0 amide bonds. The maximum atomic E-state index is 12.1. The van der Waals surface area contributed by atoms with Crippen LogP contribution >= 0.6 is 0 Å². The van der Waals surface area contributed by atoms with E-state index in [1.807, 2.05) is 12.1 Å². The Morgan fingerprint density at radius 1 is 1.24 bits per heavy atom. The van der Waals surface area contributed by atoms with Crippen molar-refractivity contribution in [2.24, 2.45) is 5.41 Å². The quantitative estimate of drug-likeness (QED) is 0.908. The first kappa shape index (κ1) is 16.3. The molecular formula is C16H26N2O2S. The third-order valence-corrected chi connectivity index (χ3v) is 6.29.